The number of aryl methyl sites for hydroxylation is 1. The lowest BCUT2D eigenvalue weighted by atomic mass is 10.1. The molecule has 0 bridgehead atoms. The molecule has 0 aromatic heterocycles. The summed E-state index contributed by atoms with van der Waals surface area (Å²) >= 11 is 0. The molecule has 0 saturated heterocycles. The Labute approximate surface area is 112 Å². The van der Waals surface area contributed by atoms with Crippen LogP contribution in [0.15, 0.2) is 18.2 Å². The predicted octanol–water partition coefficient (Wildman–Crippen LogP) is 3.73. The van der Waals surface area contributed by atoms with Crippen LogP contribution in [0.3, 0.4) is 0 Å². The fraction of sp³-hybridized carbons (Fsp3) is 0.625. The molecule has 18 heavy (non-hydrogen) atoms. The predicted molar refractivity (Wildman–Crippen MR) is 81.3 cm³/mol. The van der Waals surface area contributed by atoms with E-state index >= 15 is 0 Å². The molecule has 0 heterocycles. The van der Waals surface area contributed by atoms with Crippen LogP contribution in [0, 0.1) is 6.92 Å². The second-order valence-electron chi connectivity index (χ2n) is 5.23. The third kappa shape index (κ3) is 4.34. The number of nitrogens with zero attached hydrogens (tertiary/aromatic N) is 1. The van der Waals surface area contributed by atoms with Crippen molar-refractivity contribution in [3.05, 3.63) is 29.3 Å². The lowest BCUT2D eigenvalue weighted by Crippen LogP contribution is -2.24. The van der Waals surface area contributed by atoms with Crippen molar-refractivity contribution >= 4 is 5.69 Å². The molecule has 0 atom stereocenters. The summed E-state index contributed by atoms with van der Waals surface area (Å²) in [5.41, 5.74) is 4.14. The Morgan fingerprint density at radius 3 is 2.44 bits per heavy atom. The van der Waals surface area contributed by atoms with Gasteiger partial charge in [-0.15, -0.1) is 0 Å². The highest BCUT2D eigenvalue weighted by Crippen LogP contribution is 2.19. The van der Waals surface area contributed by atoms with Gasteiger partial charge in [-0.3, -0.25) is 0 Å². The molecule has 0 radical (unpaired) electrons. The van der Waals surface area contributed by atoms with Gasteiger partial charge in [-0.1, -0.05) is 26.8 Å². The summed E-state index contributed by atoms with van der Waals surface area (Å²) < 4.78 is 0. The molecule has 1 N–H and O–H groups in total. The van der Waals surface area contributed by atoms with Crippen LogP contribution in [0.2, 0.25) is 0 Å². The van der Waals surface area contributed by atoms with Gasteiger partial charge in [-0.05, 0) is 43.5 Å². The molecule has 0 aliphatic heterocycles. The van der Waals surface area contributed by atoms with Gasteiger partial charge in [0.05, 0.1) is 0 Å². The summed E-state index contributed by atoms with van der Waals surface area (Å²) in [6.45, 7) is 14.2. The Bertz CT molecular complexity index is 358. The smallest absolute Gasteiger partial charge is 0.0368 e. The monoisotopic (exact) mass is 248 g/mol. The molecule has 102 valence electrons. The van der Waals surface area contributed by atoms with Crippen LogP contribution in [0.4, 0.5) is 5.69 Å². The summed E-state index contributed by atoms with van der Waals surface area (Å²) in [5.74, 6) is 0. The number of anilines is 1. The summed E-state index contributed by atoms with van der Waals surface area (Å²) in [6, 6.07) is 7.37. The Morgan fingerprint density at radius 2 is 1.94 bits per heavy atom. The highest BCUT2D eigenvalue weighted by atomic mass is 15.1. The van der Waals surface area contributed by atoms with Crippen LogP contribution in [0.5, 0.6) is 0 Å². The standard InChI is InChI=1S/C16H28N2/c1-6-10-18(7-2)16-9-8-15(14(5)11-16)12-17-13(3)4/h8-9,11,13,17H,6-7,10,12H2,1-5H3. The molecule has 0 aliphatic rings. The van der Waals surface area contributed by atoms with Crippen molar-refractivity contribution in [3.8, 4) is 0 Å². The van der Waals surface area contributed by atoms with E-state index in [-0.39, 0.29) is 0 Å². The van der Waals surface area contributed by atoms with Crippen LogP contribution in [0.1, 0.15) is 45.2 Å². The first-order valence-corrected chi connectivity index (χ1v) is 7.16. The van der Waals surface area contributed by atoms with Crippen molar-refractivity contribution < 1.29 is 0 Å². The van der Waals surface area contributed by atoms with E-state index in [1.807, 2.05) is 0 Å². The molecular formula is C16H28N2. The molecule has 1 rings (SSSR count). The summed E-state index contributed by atoms with van der Waals surface area (Å²) in [7, 11) is 0. The zero-order valence-electron chi connectivity index (χ0n) is 12.6. The van der Waals surface area contributed by atoms with E-state index in [0.29, 0.717) is 6.04 Å². The Hall–Kier alpha value is -1.02. The van der Waals surface area contributed by atoms with Crippen LogP contribution in [-0.4, -0.2) is 19.1 Å². The second kappa shape index (κ2) is 7.42. The average Bonchev–Trinajstić information content (AvgIpc) is 2.34. The SMILES string of the molecule is CCCN(CC)c1ccc(CNC(C)C)c(C)c1. The maximum atomic E-state index is 3.48. The highest BCUT2D eigenvalue weighted by molar-refractivity contribution is 5.50. The van der Waals surface area contributed by atoms with Crippen LogP contribution in [0.25, 0.3) is 0 Å². The van der Waals surface area contributed by atoms with Gasteiger partial charge in [-0.2, -0.15) is 0 Å². The van der Waals surface area contributed by atoms with E-state index in [9.17, 15) is 0 Å². The van der Waals surface area contributed by atoms with E-state index in [4.69, 9.17) is 0 Å². The largest absolute Gasteiger partial charge is 0.372 e. The van der Waals surface area contributed by atoms with E-state index in [0.717, 1.165) is 19.6 Å². The molecule has 0 aliphatic carbocycles. The fourth-order valence-electron chi connectivity index (χ4n) is 2.13. The van der Waals surface area contributed by atoms with Crippen molar-refractivity contribution in [1.29, 1.82) is 0 Å². The summed E-state index contributed by atoms with van der Waals surface area (Å²) in [4.78, 5) is 2.44. The second-order valence-corrected chi connectivity index (χ2v) is 5.23. The minimum Gasteiger partial charge on any atom is -0.372 e. The number of hydrogen-bond donors (Lipinski definition) is 1. The number of benzene rings is 1. The summed E-state index contributed by atoms with van der Waals surface area (Å²) in [6.07, 6.45) is 1.20. The molecular weight excluding hydrogens is 220 g/mol. The first kappa shape index (κ1) is 15.0. The molecule has 0 saturated carbocycles. The third-order valence-electron chi connectivity index (χ3n) is 3.27. The Morgan fingerprint density at radius 1 is 1.22 bits per heavy atom. The van der Waals surface area contributed by atoms with Gasteiger partial charge < -0.3 is 10.2 Å². The highest BCUT2D eigenvalue weighted by Gasteiger charge is 2.06. The van der Waals surface area contributed by atoms with Crippen molar-refractivity contribution in [2.45, 2.75) is 53.6 Å². The van der Waals surface area contributed by atoms with Crippen molar-refractivity contribution in [3.63, 3.8) is 0 Å². The van der Waals surface area contributed by atoms with Gasteiger partial charge in [0, 0.05) is 31.4 Å². The lowest BCUT2D eigenvalue weighted by Gasteiger charge is -2.23. The van der Waals surface area contributed by atoms with Gasteiger partial charge in [0.25, 0.3) is 0 Å². The minimum atomic E-state index is 0.538. The Balaban J connectivity index is 2.77. The molecule has 0 spiro atoms. The first-order valence-electron chi connectivity index (χ1n) is 7.16. The maximum Gasteiger partial charge on any atom is 0.0368 e. The minimum absolute atomic E-state index is 0.538. The maximum absolute atomic E-state index is 3.48. The fourth-order valence-corrected chi connectivity index (χ4v) is 2.13. The first-order chi connectivity index (χ1) is 8.58. The molecule has 0 fully saturated rings. The van der Waals surface area contributed by atoms with Gasteiger partial charge in [0.2, 0.25) is 0 Å². The van der Waals surface area contributed by atoms with Crippen LogP contribution >= 0.6 is 0 Å². The molecule has 2 nitrogen and oxygen atoms in total. The van der Waals surface area contributed by atoms with Crippen molar-refractivity contribution in [1.82, 2.24) is 5.32 Å². The molecule has 1 aromatic rings. The van der Waals surface area contributed by atoms with Gasteiger partial charge in [0.15, 0.2) is 0 Å². The molecule has 2 heteroatoms. The Kier molecular flexibility index (Phi) is 6.20. The lowest BCUT2D eigenvalue weighted by molar-refractivity contribution is 0.587. The van der Waals surface area contributed by atoms with Crippen LogP contribution < -0.4 is 10.2 Å². The van der Waals surface area contributed by atoms with E-state index < -0.39 is 0 Å². The molecule has 0 amide bonds. The topological polar surface area (TPSA) is 15.3 Å². The van der Waals surface area contributed by atoms with Crippen LogP contribution in [-0.2, 0) is 6.54 Å². The summed E-state index contributed by atoms with van der Waals surface area (Å²) in [5, 5.41) is 3.48. The van der Waals surface area contributed by atoms with E-state index in [2.05, 4.69) is 63.0 Å². The molecule has 1 aromatic carbocycles. The quantitative estimate of drug-likeness (QED) is 0.791. The third-order valence-corrected chi connectivity index (χ3v) is 3.27. The van der Waals surface area contributed by atoms with Gasteiger partial charge in [-0.25, -0.2) is 0 Å². The zero-order valence-corrected chi connectivity index (χ0v) is 12.6. The van der Waals surface area contributed by atoms with Gasteiger partial charge in [0.1, 0.15) is 0 Å². The number of nitrogens with one attached hydrogen (secondary N) is 1. The van der Waals surface area contributed by atoms with Crippen molar-refractivity contribution in [2.75, 3.05) is 18.0 Å². The van der Waals surface area contributed by atoms with Gasteiger partial charge >= 0.3 is 0 Å². The van der Waals surface area contributed by atoms with E-state index in [1.54, 1.807) is 0 Å². The van der Waals surface area contributed by atoms with Crippen molar-refractivity contribution in [2.24, 2.45) is 0 Å². The zero-order chi connectivity index (χ0) is 13.5. The average molecular weight is 248 g/mol. The normalized spacial score (nSPS) is 11.0. The van der Waals surface area contributed by atoms with E-state index in [1.165, 1.54) is 23.2 Å². The number of rotatable bonds is 7. The number of hydrogen-bond acceptors (Lipinski definition) is 2. The molecule has 0 unspecified atom stereocenters.